The lowest BCUT2D eigenvalue weighted by Gasteiger charge is -2.34. The van der Waals surface area contributed by atoms with E-state index < -0.39 is 30.5 Å². The topological polar surface area (TPSA) is 52.7 Å². The number of rotatable bonds is 2. The summed E-state index contributed by atoms with van der Waals surface area (Å²) in [5.41, 5.74) is 0.331. The predicted octanol–water partition coefficient (Wildman–Crippen LogP) is 3.56. The Labute approximate surface area is 156 Å². The van der Waals surface area contributed by atoms with Crippen LogP contribution in [0.5, 0.6) is 0 Å². The number of hydrogen-bond donors (Lipinski definition) is 1. The molecule has 1 saturated heterocycles. The molecule has 3 rings (SSSR count). The number of carbonyl (C=O) groups excluding carboxylic acids is 2. The van der Waals surface area contributed by atoms with Gasteiger partial charge >= 0.3 is 6.18 Å². The van der Waals surface area contributed by atoms with Gasteiger partial charge in [0.2, 0.25) is 11.8 Å². The quantitative estimate of drug-likeness (QED) is 0.850. The Hall–Kier alpha value is -2.09. The van der Waals surface area contributed by atoms with Crippen molar-refractivity contribution in [3.8, 4) is 0 Å². The molecule has 0 aliphatic carbocycles. The Morgan fingerprint density at radius 1 is 1.07 bits per heavy atom. The van der Waals surface area contributed by atoms with Crippen molar-refractivity contribution in [2.24, 2.45) is 0 Å². The number of amides is 2. The summed E-state index contributed by atoms with van der Waals surface area (Å²) in [7, 11) is 0. The molecule has 0 aromatic heterocycles. The standard InChI is InChI=1S/C19H24F3N3O2/c20-19(21,22)16-12-17(26)23-14-8-4-5-9-15(14)25(16)18(27)13-24-10-6-2-1-3-7-11-24/h4-5,8-9,16H,1-3,6-7,10-13H2,(H,23,26). The van der Waals surface area contributed by atoms with E-state index in [0.29, 0.717) is 13.1 Å². The van der Waals surface area contributed by atoms with Crippen LogP contribution in [0.2, 0.25) is 0 Å². The monoisotopic (exact) mass is 383 g/mol. The first-order valence-corrected chi connectivity index (χ1v) is 9.36. The third-order valence-electron chi connectivity index (χ3n) is 5.08. The Morgan fingerprint density at radius 3 is 2.37 bits per heavy atom. The van der Waals surface area contributed by atoms with Gasteiger partial charge in [-0.2, -0.15) is 13.2 Å². The van der Waals surface area contributed by atoms with Crippen LogP contribution in [0.25, 0.3) is 0 Å². The molecule has 1 unspecified atom stereocenters. The molecule has 5 nitrogen and oxygen atoms in total. The highest BCUT2D eigenvalue weighted by atomic mass is 19.4. The zero-order chi connectivity index (χ0) is 19.4. The lowest BCUT2D eigenvalue weighted by Crippen LogP contribution is -2.52. The number of carbonyl (C=O) groups is 2. The SMILES string of the molecule is O=C1CC(C(F)(F)F)N(C(=O)CN2CCCCCCC2)c2ccccc2N1. The van der Waals surface area contributed by atoms with Gasteiger partial charge in [-0.3, -0.25) is 19.4 Å². The molecule has 2 amide bonds. The number of benzene rings is 1. The van der Waals surface area contributed by atoms with Crippen molar-refractivity contribution in [1.82, 2.24) is 4.90 Å². The van der Waals surface area contributed by atoms with Crippen LogP contribution < -0.4 is 10.2 Å². The molecule has 1 atom stereocenters. The summed E-state index contributed by atoms with van der Waals surface area (Å²) in [6.07, 6.45) is -0.323. The van der Waals surface area contributed by atoms with Crippen molar-refractivity contribution >= 4 is 23.2 Å². The maximum Gasteiger partial charge on any atom is 0.409 e. The number of fused-ring (bicyclic) bond motifs is 1. The van der Waals surface area contributed by atoms with Crippen molar-refractivity contribution in [2.45, 2.75) is 50.7 Å². The van der Waals surface area contributed by atoms with Crippen LogP contribution in [-0.4, -0.2) is 48.6 Å². The molecule has 1 fully saturated rings. The summed E-state index contributed by atoms with van der Waals surface area (Å²) in [6, 6.07) is 3.99. The van der Waals surface area contributed by atoms with Crippen LogP contribution >= 0.6 is 0 Å². The Bertz CT molecular complexity index is 685. The molecular formula is C19H24F3N3O2. The summed E-state index contributed by atoms with van der Waals surface area (Å²) < 4.78 is 41.1. The fourth-order valence-electron chi connectivity index (χ4n) is 3.73. The van der Waals surface area contributed by atoms with Crippen LogP contribution in [0.1, 0.15) is 38.5 Å². The molecule has 0 saturated carbocycles. The number of nitrogens with zero attached hydrogens (tertiary/aromatic N) is 2. The fourth-order valence-corrected chi connectivity index (χ4v) is 3.73. The zero-order valence-electron chi connectivity index (χ0n) is 15.1. The summed E-state index contributed by atoms with van der Waals surface area (Å²) in [5, 5.41) is 2.48. The molecule has 2 aliphatic rings. The lowest BCUT2D eigenvalue weighted by atomic mass is 10.1. The summed E-state index contributed by atoms with van der Waals surface area (Å²) >= 11 is 0. The van der Waals surface area contributed by atoms with Gasteiger partial charge in [-0.1, -0.05) is 31.4 Å². The van der Waals surface area contributed by atoms with Crippen LogP contribution in [0.15, 0.2) is 24.3 Å². The van der Waals surface area contributed by atoms with Crippen molar-refractivity contribution in [1.29, 1.82) is 0 Å². The van der Waals surface area contributed by atoms with Crippen LogP contribution in [-0.2, 0) is 9.59 Å². The third kappa shape index (κ3) is 4.80. The molecule has 0 spiro atoms. The number of hydrogen-bond acceptors (Lipinski definition) is 3. The molecule has 0 bridgehead atoms. The maximum absolute atomic E-state index is 13.7. The molecule has 8 heteroatoms. The fraction of sp³-hybridized carbons (Fsp3) is 0.579. The van der Waals surface area contributed by atoms with Crippen molar-refractivity contribution in [3.63, 3.8) is 0 Å². The molecule has 1 aromatic rings. The number of likely N-dealkylation sites (tertiary alicyclic amines) is 1. The van der Waals surface area contributed by atoms with Gasteiger partial charge < -0.3 is 5.32 Å². The summed E-state index contributed by atoms with van der Waals surface area (Å²) in [5.74, 6) is -1.37. The normalized spacial score (nSPS) is 22.3. The average Bonchev–Trinajstić information content (AvgIpc) is 2.72. The molecular weight excluding hydrogens is 359 g/mol. The number of nitrogens with one attached hydrogen (secondary N) is 1. The van der Waals surface area contributed by atoms with Gasteiger partial charge in [0, 0.05) is 0 Å². The Morgan fingerprint density at radius 2 is 1.70 bits per heavy atom. The van der Waals surface area contributed by atoms with Crippen molar-refractivity contribution < 1.29 is 22.8 Å². The van der Waals surface area contributed by atoms with Gasteiger partial charge in [0.1, 0.15) is 6.04 Å². The van der Waals surface area contributed by atoms with E-state index in [1.165, 1.54) is 12.1 Å². The van der Waals surface area contributed by atoms with Crippen molar-refractivity contribution in [2.75, 3.05) is 29.9 Å². The number of para-hydroxylation sites is 2. The maximum atomic E-state index is 13.7. The van der Waals surface area contributed by atoms with Crippen molar-refractivity contribution in [3.05, 3.63) is 24.3 Å². The van der Waals surface area contributed by atoms with Gasteiger partial charge in [-0.05, 0) is 38.1 Å². The van der Waals surface area contributed by atoms with E-state index in [9.17, 15) is 22.8 Å². The largest absolute Gasteiger partial charge is 0.409 e. The molecule has 2 heterocycles. The number of alkyl halides is 3. The van der Waals surface area contributed by atoms with E-state index >= 15 is 0 Å². The summed E-state index contributed by atoms with van der Waals surface area (Å²) in [4.78, 5) is 27.7. The van der Waals surface area contributed by atoms with Crippen LogP contribution in [0.3, 0.4) is 0 Å². The first-order valence-electron chi connectivity index (χ1n) is 9.36. The lowest BCUT2D eigenvalue weighted by molar-refractivity contribution is -0.158. The number of anilines is 2. The Balaban J connectivity index is 1.90. The highest BCUT2D eigenvalue weighted by Gasteiger charge is 2.49. The van der Waals surface area contributed by atoms with E-state index in [1.807, 2.05) is 4.90 Å². The molecule has 27 heavy (non-hydrogen) atoms. The second-order valence-electron chi connectivity index (χ2n) is 7.13. The first-order chi connectivity index (χ1) is 12.9. The zero-order valence-corrected chi connectivity index (χ0v) is 15.1. The van der Waals surface area contributed by atoms with Gasteiger partial charge in [0.15, 0.2) is 0 Å². The number of halogens is 3. The smallest absolute Gasteiger partial charge is 0.324 e. The average molecular weight is 383 g/mol. The van der Waals surface area contributed by atoms with Crippen LogP contribution in [0.4, 0.5) is 24.5 Å². The molecule has 1 aromatic carbocycles. The van der Waals surface area contributed by atoms with Gasteiger partial charge in [0.05, 0.1) is 24.3 Å². The molecule has 1 N–H and O–H groups in total. The van der Waals surface area contributed by atoms with Gasteiger partial charge in [-0.15, -0.1) is 0 Å². The van der Waals surface area contributed by atoms with E-state index in [-0.39, 0.29) is 17.9 Å². The summed E-state index contributed by atoms with van der Waals surface area (Å²) in [6.45, 7) is 1.33. The molecule has 2 aliphatic heterocycles. The molecule has 148 valence electrons. The minimum atomic E-state index is -4.69. The van der Waals surface area contributed by atoms with E-state index in [2.05, 4.69) is 5.32 Å². The minimum Gasteiger partial charge on any atom is -0.324 e. The highest BCUT2D eigenvalue weighted by Crippen LogP contribution is 2.37. The first kappa shape index (κ1) is 19.7. The van der Waals surface area contributed by atoms with E-state index in [0.717, 1.165) is 37.0 Å². The second kappa shape index (κ2) is 8.29. The highest BCUT2D eigenvalue weighted by molar-refractivity contribution is 6.05. The van der Waals surface area contributed by atoms with E-state index in [4.69, 9.17) is 0 Å². The minimum absolute atomic E-state index is 0.0743. The Kier molecular flexibility index (Phi) is 6.04. The van der Waals surface area contributed by atoms with E-state index in [1.54, 1.807) is 12.1 Å². The predicted molar refractivity (Wildman–Crippen MR) is 96.5 cm³/mol. The molecule has 0 radical (unpaired) electrons. The second-order valence-corrected chi connectivity index (χ2v) is 7.13. The van der Waals surface area contributed by atoms with Gasteiger partial charge in [-0.25, -0.2) is 0 Å². The third-order valence-corrected chi connectivity index (χ3v) is 5.08. The van der Waals surface area contributed by atoms with Gasteiger partial charge in [0.25, 0.3) is 0 Å². The van der Waals surface area contributed by atoms with Crippen LogP contribution in [0, 0.1) is 0 Å².